The zero-order valence-corrected chi connectivity index (χ0v) is 13.9. The van der Waals surface area contributed by atoms with Crippen molar-refractivity contribution in [2.75, 3.05) is 59.7 Å². The molecule has 132 valence electrons. The first-order valence-electron chi connectivity index (χ1n) is 8.25. The van der Waals surface area contributed by atoms with E-state index in [1.54, 1.807) is 25.3 Å². The van der Waals surface area contributed by atoms with Crippen LogP contribution in [0.1, 0.15) is 10.4 Å². The van der Waals surface area contributed by atoms with Crippen molar-refractivity contribution in [1.82, 2.24) is 9.80 Å². The van der Waals surface area contributed by atoms with E-state index in [-0.39, 0.29) is 25.2 Å². The lowest BCUT2D eigenvalue weighted by atomic mass is 10.1. The minimum absolute atomic E-state index is 0.0169. The fourth-order valence-corrected chi connectivity index (χ4v) is 3.19. The molecule has 7 nitrogen and oxygen atoms in total. The second kappa shape index (κ2) is 7.83. The van der Waals surface area contributed by atoms with E-state index in [1.807, 2.05) is 4.90 Å². The molecule has 0 bridgehead atoms. The number of nitrogens with zero attached hydrogens (tertiary/aromatic N) is 2. The van der Waals surface area contributed by atoms with Crippen LogP contribution in [0.4, 0.5) is 0 Å². The first-order chi connectivity index (χ1) is 11.7. The first kappa shape index (κ1) is 17.0. The van der Waals surface area contributed by atoms with E-state index in [0.29, 0.717) is 36.8 Å². The maximum atomic E-state index is 12.8. The molecule has 0 saturated carbocycles. The Hall–Kier alpha value is -1.83. The van der Waals surface area contributed by atoms with Gasteiger partial charge in [0, 0.05) is 31.7 Å². The molecule has 1 atom stereocenters. The number of aliphatic hydroxyl groups excluding tert-OH is 1. The molecule has 2 aliphatic heterocycles. The SMILES string of the molecule is COc1ccc(C(=O)N2CCN3CCOCC3C2)cc1OCCO. The molecule has 1 aromatic rings. The topological polar surface area (TPSA) is 71.5 Å². The summed E-state index contributed by atoms with van der Waals surface area (Å²) in [6.45, 7) is 4.73. The van der Waals surface area contributed by atoms with Gasteiger partial charge in [0.15, 0.2) is 11.5 Å². The van der Waals surface area contributed by atoms with Gasteiger partial charge in [-0.2, -0.15) is 0 Å². The Morgan fingerprint density at radius 2 is 2.21 bits per heavy atom. The Morgan fingerprint density at radius 3 is 3.00 bits per heavy atom. The number of carbonyl (C=O) groups excluding carboxylic acids is 1. The lowest BCUT2D eigenvalue weighted by molar-refractivity contribution is -0.0395. The zero-order valence-electron chi connectivity index (χ0n) is 13.9. The summed E-state index contributed by atoms with van der Waals surface area (Å²) in [7, 11) is 1.55. The van der Waals surface area contributed by atoms with Crippen LogP contribution in [0.25, 0.3) is 0 Å². The highest BCUT2D eigenvalue weighted by molar-refractivity contribution is 5.95. The monoisotopic (exact) mass is 336 g/mol. The summed E-state index contributed by atoms with van der Waals surface area (Å²) in [5.74, 6) is 0.999. The van der Waals surface area contributed by atoms with Gasteiger partial charge in [0.1, 0.15) is 6.61 Å². The number of carbonyl (C=O) groups is 1. The Bertz CT molecular complexity index is 580. The molecule has 2 fully saturated rings. The van der Waals surface area contributed by atoms with Crippen LogP contribution in [-0.2, 0) is 4.74 Å². The van der Waals surface area contributed by atoms with E-state index in [9.17, 15) is 4.79 Å². The second-order valence-corrected chi connectivity index (χ2v) is 5.95. The Kier molecular flexibility index (Phi) is 5.55. The van der Waals surface area contributed by atoms with Gasteiger partial charge in [0.05, 0.1) is 33.0 Å². The van der Waals surface area contributed by atoms with Gasteiger partial charge in [-0.05, 0) is 18.2 Å². The van der Waals surface area contributed by atoms with Gasteiger partial charge in [0.2, 0.25) is 0 Å². The van der Waals surface area contributed by atoms with Crippen molar-refractivity contribution in [2.45, 2.75) is 6.04 Å². The summed E-state index contributed by atoms with van der Waals surface area (Å²) in [5.41, 5.74) is 0.564. The maximum absolute atomic E-state index is 12.8. The third-order valence-electron chi connectivity index (χ3n) is 4.48. The minimum Gasteiger partial charge on any atom is -0.493 e. The van der Waals surface area contributed by atoms with Gasteiger partial charge < -0.3 is 24.2 Å². The molecule has 3 rings (SSSR count). The summed E-state index contributed by atoms with van der Waals surface area (Å²) in [4.78, 5) is 17.1. The predicted molar refractivity (Wildman–Crippen MR) is 87.7 cm³/mol. The van der Waals surface area contributed by atoms with Crippen LogP contribution in [0.15, 0.2) is 18.2 Å². The number of hydrogen-bond donors (Lipinski definition) is 1. The van der Waals surface area contributed by atoms with E-state index < -0.39 is 0 Å². The van der Waals surface area contributed by atoms with Gasteiger partial charge in [0.25, 0.3) is 5.91 Å². The number of amides is 1. The average molecular weight is 336 g/mol. The van der Waals surface area contributed by atoms with Gasteiger partial charge in [-0.25, -0.2) is 0 Å². The number of fused-ring (bicyclic) bond motifs is 1. The van der Waals surface area contributed by atoms with Crippen LogP contribution in [0.3, 0.4) is 0 Å². The summed E-state index contributed by atoms with van der Waals surface area (Å²) in [6, 6.07) is 5.43. The van der Waals surface area contributed by atoms with E-state index in [2.05, 4.69) is 4.90 Å². The third kappa shape index (κ3) is 3.63. The van der Waals surface area contributed by atoms with Crippen LogP contribution in [0.2, 0.25) is 0 Å². The highest BCUT2D eigenvalue weighted by Crippen LogP contribution is 2.29. The van der Waals surface area contributed by atoms with E-state index in [0.717, 1.165) is 19.7 Å². The first-order valence-corrected chi connectivity index (χ1v) is 8.25. The van der Waals surface area contributed by atoms with E-state index in [1.165, 1.54) is 0 Å². The Labute approximate surface area is 141 Å². The maximum Gasteiger partial charge on any atom is 0.254 e. The molecule has 1 unspecified atom stereocenters. The number of ether oxygens (including phenoxy) is 3. The predicted octanol–water partition coefficient (Wildman–Crippen LogP) is 0.223. The van der Waals surface area contributed by atoms with Crippen molar-refractivity contribution in [2.24, 2.45) is 0 Å². The summed E-state index contributed by atoms with van der Waals surface area (Å²) in [6.07, 6.45) is 0. The standard InChI is InChI=1S/C17H24N2O5/c1-22-15-3-2-13(10-16(15)24-9-7-20)17(21)19-5-4-18-6-8-23-12-14(18)11-19/h2-3,10,14,20H,4-9,11-12H2,1H3. The van der Waals surface area contributed by atoms with Crippen molar-refractivity contribution in [3.05, 3.63) is 23.8 Å². The summed E-state index contributed by atoms with van der Waals surface area (Å²) < 4.78 is 16.2. The number of aliphatic hydroxyl groups is 1. The van der Waals surface area contributed by atoms with Crippen LogP contribution >= 0.6 is 0 Å². The molecule has 2 saturated heterocycles. The van der Waals surface area contributed by atoms with Gasteiger partial charge in [-0.1, -0.05) is 0 Å². The highest BCUT2D eigenvalue weighted by atomic mass is 16.5. The van der Waals surface area contributed by atoms with Crippen molar-refractivity contribution in [1.29, 1.82) is 0 Å². The Balaban J connectivity index is 1.72. The van der Waals surface area contributed by atoms with Gasteiger partial charge in [-0.3, -0.25) is 9.69 Å². The van der Waals surface area contributed by atoms with Gasteiger partial charge >= 0.3 is 0 Å². The largest absolute Gasteiger partial charge is 0.493 e. The number of morpholine rings is 1. The van der Waals surface area contributed by atoms with Crippen LogP contribution in [-0.4, -0.2) is 86.6 Å². The van der Waals surface area contributed by atoms with Crippen LogP contribution < -0.4 is 9.47 Å². The molecule has 1 N–H and O–H groups in total. The number of rotatable bonds is 5. The quantitative estimate of drug-likeness (QED) is 0.830. The highest BCUT2D eigenvalue weighted by Gasteiger charge is 2.32. The molecule has 2 aliphatic rings. The van der Waals surface area contributed by atoms with Crippen LogP contribution in [0, 0.1) is 0 Å². The minimum atomic E-state index is -0.0923. The molecule has 2 heterocycles. The molecule has 0 radical (unpaired) electrons. The molecular weight excluding hydrogens is 312 g/mol. The molecule has 0 aliphatic carbocycles. The van der Waals surface area contributed by atoms with Crippen LogP contribution in [0.5, 0.6) is 11.5 Å². The lowest BCUT2D eigenvalue weighted by Gasteiger charge is -2.43. The molecule has 1 aromatic carbocycles. The zero-order chi connectivity index (χ0) is 16.9. The molecule has 24 heavy (non-hydrogen) atoms. The number of piperazine rings is 1. The average Bonchev–Trinajstić information content (AvgIpc) is 2.65. The lowest BCUT2D eigenvalue weighted by Crippen LogP contribution is -2.59. The molecule has 1 amide bonds. The van der Waals surface area contributed by atoms with Crippen molar-refractivity contribution >= 4 is 5.91 Å². The van der Waals surface area contributed by atoms with Crippen molar-refractivity contribution < 1.29 is 24.1 Å². The number of hydrogen-bond acceptors (Lipinski definition) is 6. The third-order valence-corrected chi connectivity index (χ3v) is 4.48. The molecule has 7 heteroatoms. The smallest absolute Gasteiger partial charge is 0.254 e. The molecule has 0 spiro atoms. The fourth-order valence-electron chi connectivity index (χ4n) is 3.19. The van der Waals surface area contributed by atoms with E-state index in [4.69, 9.17) is 19.3 Å². The normalized spacial score (nSPS) is 21.2. The van der Waals surface area contributed by atoms with Crippen molar-refractivity contribution in [3.8, 4) is 11.5 Å². The summed E-state index contributed by atoms with van der Waals surface area (Å²) >= 11 is 0. The molecular formula is C17H24N2O5. The van der Waals surface area contributed by atoms with E-state index >= 15 is 0 Å². The number of methoxy groups -OCH3 is 1. The second-order valence-electron chi connectivity index (χ2n) is 5.95. The number of benzene rings is 1. The Morgan fingerprint density at radius 1 is 1.33 bits per heavy atom. The van der Waals surface area contributed by atoms with Crippen molar-refractivity contribution in [3.63, 3.8) is 0 Å². The van der Waals surface area contributed by atoms with Gasteiger partial charge in [-0.15, -0.1) is 0 Å². The summed E-state index contributed by atoms with van der Waals surface area (Å²) in [5, 5.41) is 8.93. The molecule has 0 aromatic heterocycles. The fraction of sp³-hybridized carbons (Fsp3) is 0.588.